The highest BCUT2D eigenvalue weighted by Crippen LogP contribution is 2.41. The second-order valence-electron chi connectivity index (χ2n) is 16.6. The van der Waals surface area contributed by atoms with Crippen LogP contribution in [0, 0.1) is 0 Å². The van der Waals surface area contributed by atoms with Gasteiger partial charge in [-0.3, -0.25) is 0 Å². The number of ether oxygens (including phenoxy) is 2. The first kappa shape index (κ1) is 41.0. The molecule has 2 rings (SSSR count). The van der Waals surface area contributed by atoms with Crippen molar-refractivity contribution in [3.8, 4) is 0 Å². The van der Waals surface area contributed by atoms with E-state index in [1.165, 1.54) is 0 Å². The second-order valence-corrected chi connectivity index (χ2v) is 30.4. The highest BCUT2D eigenvalue weighted by molar-refractivity contribution is 6.99. The molecule has 10 heteroatoms. The van der Waals surface area contributed by atoms with Gasteiger partial charge >= 0.3 is 0 Å². The molecule has 46 heavy (non-hydrogen) atoms. The molecule has 0 radical (unpaired) electrons. The van der Waals surface area contributed by atoms with E-state index in [9.17, 15) is 10.2 Å². The van der Waals surface area contributed by atoms with Gasteiger partial charge in [-0.05, 0) is 51.7 Å². The molecule has 2 aromatic carbocycles. The van der Waals surface area contributed by atoms with Crippen LogP contribution in [0.2, 0.25) is 41.3 Å². The van der Waals surface area contributed by atoms with Gasteiger partial charge in [0, 0.05) is 7.11 Å². The van der Waals surface area contributed by atoms with E-state index >= 15 is 0 Å². The van der Waals surface area contributed by atoms with Crippen LogP contribution in [0.25, 0.3) is 0 Å². The number of benzene rings is 2. The van der Waals surface area contributed by atoms with Crippen LogP contribution >= 0.6 is 0 Å². The fourth-order valence-electron chi connectivity index (χ4n) is 5.12. The maximum Gasteiger partial charge on any atom is 0.261 e. The molecular weight excluding hydrogens is 629 g/mol. The van der Waals surface area contributed by atoms with Gasteiger partial charge in [0.15, 0.2) is 16.6 Å². The largest absolute Gasteiger partial charge is 0.414 e. The monoisotopic (exact) mass is 692 g/mol. The Bertz CT molecular complexity index is 1130. The first-order valence-electron chi connectivity index (χ1n) is 16.6. The van der Waals surface area contributed by atoms with E-state index < -0.39 is 49.4 Å². The molecule has 7 nitrogen and oxygen atoms in total. The van der Waals surface area contributed by atoms with Crippen LogP contribution in [0.5, 0.6) is 0 Å². The number of methoxy groups -OCH3 is 1. The lowest BCUT2D eigenvalue weighted by Crippen LogP contribution is -2.68. The summed E-state index contributed by atoms with van der Waals surface area (Å²) in [4.78, 5) is 0. The third-order valence-corrected chi connectivity index (χ3v) is 24.0. The second kappa shape index (κ2) is 16.0. The Balaban J connectivity index is 2.64. The van der Waals surface area contributed by atoms with E-state index in [4.69, 9.17) is 22.8 Å². The number of hydrogen-bond donors (Lipinski definition) is 2. The van der Waals surface area contributed by atoms with E-state index in [-0.39, 0.29) is 35.1 Å². The molecule has 4 atom stereocenters. The van der Waals surface area contributed by atoms with Crippen LogP contribution in [0.1, 0.15) is 62.3 Å². The normalized spacial score (nSPS) is 16.6. The van der Waals surface area contributed by atoms with Crippen molar-refractivity contribution >= 4 is 35.3 Å². The zero-order valence-corrected chi connectivity index (χ0v) is 34.1. The fourth-order valence-corrected chi connectivity index (χ4v) is 12.0. The average molecular weight is 693 g/mol. The molecule has 0 saturated heterocycles. The first-order valence-corrected chi connectivity index (χ1v) is 24.3. The molecule has 0 amide bonds. The van der Waals surface area contributed by atoms with E-state index in [1.54, 1.807) is 7.11 Å². The Morgan fingerprint density at radius 2 is 1.09 bits per heavy atom. The number of aliphatic hydroxyl groups is 2. The lowest BCUT2D eigenvalue weighted by atomic mass is 10.0. The third kappa shape index (κ3) is 9.93. The summed E-state index contributed by atoms with van der Waals surface area (Å²) in [6.45, 7) is 28.4. The number of aliphatic hydroxyl groups excluding tert-OH is 2. The summed E-state index contributed by atoms with van der Waals surface area (Å²) >= 11 is 0. The minimum atomic E-state index is -2.95. The molecule has 0 unspecified atom stereocenters. The van der Waals surface area contributed by atoms with Crippen molar-refractivity contribution in [2.24, 2.45) is 0 Å². The van der Waals surface area contributed by atoms with E-state index in [1.807, 2.05) is 12.1 Å². The molecule has 0 aromatic heterocycles. The molecule has 0 heterocycles. The van der Waals surface area contributed by atoms with Crippen LogP contribution in [-0.2, 0) is 22.8 Å². The van der Waals surface area contributed by atoms with Gasteiger partial charge < -0.3 is 33.0 Å². The summed E-state index contributed by atoms with van der Waals surface area (Å²) in [6.07, 6.45) is -4.15. The molecule has 0 spiro atoms. The van der Waals surface area contributed by atoms with Crippen LogP contribution in [0.4, 0.5) is 0 Å². The fraction of sp³-hybridized carbons (Fsp3) is 0.667. The first-order chi connectivity index (χ1) is 21.0. The number of hydrogen-bond acceptors (Lipinski definition) is 7. The summed E-state index contributed by atoms with van der Waals surface area (Å²) in [5.41, 5.74) is 0. The molecule has 0 fully saturated rings. The summed E-state index contributed by atoms with van der Waals surface area (Å²) < 4.78 is 32.3. The summed E-state index contributed by atoms with van der Waals surface area (Å²) in [7, 11) is -6.01. The van der Waals surface area contributed by atoms with E-state index in [0.29, 0.717) is 0 Å². The van der Waals surface area contributed by atoms with Crippen LogP contribution < -0.4 is 10.4 Å². The van der Waals surface area contributed by atoms with Gasteiger partial charge in [0.05, 0.1) is 19.3 Å². The highest BCUT2D eigenvalue weighted by atomic mass is 28.4. The third-order valence-electron chi connectivity index (χ3n) is 10.0. The zero-order chi connectivity index (χ0) is 35.2. The minimum Gasteiger partial charge on any atom is -0.414 e. The molecule has 262 valence electrons. The Labute approximate surface area is 283 Å². The number of rotatable bonds is 16. The molecule has 2 aromatic rings. The summed E-state index contributed by atoms with van der Waals surface area (Å²) in [6, 6.07) is 20.9. The Morgan fingerprint density at radius 1 is 0.630 bits per heavy atom. The van der Waals surface area contributed by atoms with E-state index in [0.717, 1.165) is 10.4 Å². The van der Waals surface area contributed by atoms with Crippen LogP contribution in [0.15, 0.2) is 60.7 Å². The lowest BCUT2D eigenvalue weighted by Gasteiger charge is -2.46. The van der Waals surface area contributed by atoms with Gasteiger partial charge in [-0.1, -0.05) is 123 Å². The Hall–Kier alpha value is -1.19. The van der Waals surface area contributed by atoms with Crippen molar-refractivity contribution in [1.82, 2.24) is 0 Å². The van der Waals surface area contributed by atoms with Crippen molar-refractivity contribution in [1.29, 1.82) is 0 Å². The molecule has 0 saturated carbocycles. The van der Waals surface area contributed by atoms with Gasteiger partial charge in [0.1, 0.15) is 25.1 Å². The molecular formula is C36H64O7Si3. The van der Waals surface area contributed by atoms with Crippen molar-refractivity contribution < 1.29 is 33.0 Å². The predicted molar refractivity (Wildman–Crippen MR) is 198 cm³/mol. The van der Waals surface area contributed by atoms with Crippen LogP contribution in [0.3, 0.4) is 0 Å². The molecule has 0 aliphatic carbocycles. The Kier molecular flexibility index (Phi) is 14.3. The van der Waals surface area contributed by atoms with E-state index in [2.05, 4.69) is 137 Å². The lowest BCUT2D eigenvalue weighted by molar-refractivity contribution is -0.177. The van der Waals surface area contributed by atoms with Gasteiger partial charge in [0.2, 0.25) is 0 Å². The highest BCUT2D eigenvalue weighted by Gasteiger charge is 2.52. The Morgan fingerprint density at radius 3 is 1.48 bits per heavy atom. The van der Waals surface area contributed by atoms with Crippen molar-refractivity contribution in [3.05, 3.63) is 60.7 Å². The smallest absolute Gasteiger partial charge is 0.261 e. The van der Waals surface area contributed by atoms with Gasteiger partial charge in [-0.25, -0.2) is 0 Å². The molecule has 0 aliphatic heterocycles. The maximum absolute atomic E-state index is 11.8. The average Bonchev–Trinajstić information content (AvgIpc) is 2.95. The van der Waals surface area contributed by atoms with Gasteiger partial charge in [-0.15, -0.1) is 0 Å². The van der Waals surface area contributed by atoms with Crippen molar-refractivity contribution in [3.63, 3.8) is 0 Å². The predicted octanol–water partition coefficient (Wildman–Crippen LogP) is 6.69. The summed E-state index contributed by atoms with van der Waals surface area (Å²) in [5, 5.41) is 25.1. The standard InChI is InChI=1S/C36H64O7Si3/c1-34(2,3)44(11,12)41-25-30(37)32(38)33(40-27-39-10)31(43-45(13,14)35(4,5)6)26-42-46(36(7,8)9,28-21-17-15-18-22-28)29-23-19-16-20-24-29/h15-24,30-33,37-38H,25-27H2,1-14H3/t30-,31-,32-,33+/m1/s1. The van der Waals surface area contributed by atoms with Gasteiger partial charge in [0.25, 0.3) is 8.32 Å². The minimum absolute atomic E-state index is 0.00706. The van der Waals surface area contributed by atoms with Crippen LogP contribution in [-0.4, -0.2) is 86.7 Å². The molecule has 0 aliphatic rings. The molecule has 2 N–H and O–H groups in total. The SMILES string of the molecule is COCO[C@H]([C@H](O)[C@H](O)CO[Si](C)(C)C(C)(C)C)[C@@H](CO[Si](c1ccccc1)(c1ccccc1)C(C)(C)C)O[Si](C)(C)C(C)(C)C. The maximum atomic E-state index is 11.8. The topological polar surface area (TPSA) is 86.6 Å². The molecule has 0 bridgehead atoms. The van der Waals surface area contributed by atoms with Crippen molar-refractivity contribution in [2.75, 3.05) is 27.1 Å². The van der Waals surface area contributed by atoms with Gasteiger partial charge in [-0.2, -0.15) is 0 Å². The summed E-state index contributed by atoms with van der Waals surface area (Å²) in [5.74, 6) is 0. The van der Waals surface area contributed by atoms with Crippen molar-refractivity contribution in [2.45, 2.75) is 128 Å². The quantitative estimate of drug-likeness (QED) is 0.150. The zero-order valence-electron chi connectivity index (χ0n) is 31.1.